The standard InChI is InChI=1S/C10H18O9/c11-3-4(12)1-6-7(8(14)15)5(13)2-10(18,19-6)9(16)17/h4-8,11-15,18H,1-3H2,(H,16,17)/t4-,5+,6?,7+,10+/m0/s1. The van der Waals surface area contributed by atoms with Gasteiger partial charge in [-0.3, -0.25) is 0 Å². The van der Waals surface area contributed by atoms with E-state index in [1.807, 2.05) is 0 Å². The van der Waals surface area contributed by atoms with Crippen LogP contribution in [0.4, 0.5) is 0 Å². The topological polar surface area (TPSA) is 168 Å². The molecule has 1 fully saturated rings. The van der Waals surface area contributed by atoms with Gasteiger partial charge in [-0.05, 0) is 0 Å². The molecule has 0 aromatic carbocycles. The van der Waals surface area contributed by atoms with Gasteiger partial charge in [0.05, 0.1) is 30.8 Å². The second-order valence-corrected chi connectivity index (χ2v) is 4.58. The van der Waals surface area contributed by atoms with Crippen molar-refractivity contribution in [2.75, 3.05) is 6.61 Å². The van der Waals surface area contributed by atoms with Crippen molar-refractivity contribution in [3.05, 3.63) is 0 Å². The number of carbonyl (C=O) groups is 1. The van der Waals surface area contributed by atoms with E-state index in [0.717, 1.165) is 0 Å². The van der Waals surface area contributed by atoms with Gasteiger partial charge in [0.25, 0.3) is 5.79 Å². The second kappa shape index (κ2) is 6.09. The fourth-order valence-electron chi connectivity index (χ4n) is 2.12. The van der Waals surface area contributed by atoms with Crippen LogP contribution in [-0.4, -0.2) is 78.7 Å². The zero-order chi connectivity index (χ0) is 14.8. The molecular formula is C10H18O9. The predicted molar refractivity (Wildman–Crippen MR) is 57.5 cm³/mol. The number of aliphatic hydroxyl groups is 6. The molecule has 1 unspecified atom stereocenters. The minimum Gasteiger partial charge on any atom is -0.477 e. The second-order valence-electron chi connectivity index (χ2n) is 4.58. The zero-order valence-corrected chi connectivity index (χ0v) is 9.96. The molecule has 0 aromatic rings. The molecule has 5 atom stereocenters. The summed E-state index contributed by atoms with van der Waals surface area (Å²) in [7, 11) is 0. The lowest BCUT2D eigenvalue weighted by molar-refractivity contribution is -0.308. The average molecular weight is 282 g/mol. The van der Waals surface area contributed by atoms with Gasteiger partial charge >= 0.3 is 5.97 Å². The molecule has 9 heteroatoms. The summed E-state index contributed by atoms with van der Waals surface area (Å²) in [6, 6.07) is 0. The number of carboxylic acid groups (broad SMARTS) is 1. The maximum absolute atomic E-state index is 10.9. The van der Waals surface area contributed by atoms with E-state index in [4.69, 9.17) is 25.2 Å². The van der Waals surface area contributed by atoms with Crippen LogP contribution in [0, 0.1) is 5.92 Å². The summed E-state index contributed by atoms with van der Waals surface area (Å²) in [5.74, 6) is -5.72. The molecule has 0 radical (unpaired) electrons. The molecule has 9 nitrogen and oxygen atoms in total. The van der Waals surface area contributed by atoms with Crippen LogP contribution in [-0.2, 0) is 9.53 Å². The lowest BCUT2D eigenvalue weighted by Gasteiger charge is -2.43. The van der Waals surface area contributed by atoms with E-state index >= 15 is 0 Å². The van der Waals surface area contributed by atoms with Crippen molar-refractivity contribution in [2.24, 2.45) is 5.92 Å². The first-order valence-electron chi connectivity index (χ1n) is 5.68. The van der Waals surface area contributed by atoms with Crippen molar-refractivity contribution >= 4 is 5.97 Å². The van der Waals surface area contributed by atoms with E-state index in [0.29, 0.717) is 0 Å². The summed E-state index contributed by atoms with van der Waals surface area (Å²) in [6.45, 7) is -0.657. The van der Waals surface area contributed by atoms with Crippen LogP contribution >= 0.6 is 0 Å². The third-order valence-corrected chi connectivity index (χ3v) is 3.10. The zero-order valence-electron chi connectivity index (χ0n) is 9.96. The van der Waals surface area contributed by atoms with Crippen LogP contribution in [0.15, 0.2) is 0 Å². The fraction of sp³-hybridized carbons (Fsp3) is 0.900. The molecule has 1 heterocycles. The molecule has 112 valence electrons. The number of aliphatic carboxylic acids is 1. The van der Waals surface area contributed by atoms with Gasteiger partial charge in [0.1, 0.15) is 0 Å². The molecule has 1 aliphatic rings. The highest BCUT2D eigenvalue weighted by Crippen LogP contribution is 2.35. The van der Waals surface area contributed by atoms with Crippen molar-refractivity contribution < 1.29 is 45.3 Å². The van der Waals surface area contributed by atoms with Crippen LogP contribution in [0.5, 0.6) is 0 Å². The summed E-state index contributed by atoms with van der Waals surface area (Å²) in [5.41, 5.74) is 0. The monoisotopic (exact) mass is 282 g/mol. The van der Waals surface area contributed by atoms with Crippen LogP contribution in [0.1, 0.15) is 12.8 Å². The largest absolute Gasteiger partial charge is 0.477 e. The number of aliphatic hydroxyl groups excluding tert-OH is 4. The lowest BCUT2D eigenvalue weighted by atomic mass is 9.84. The molecule has 0 bridgehead atoms. The van der Waals surface area contributed by atoms with Crippen LogP contribution in [0.25, 0.3) is 0 Å². The number of hydrogen-bond acceptors (Lipinski definition) is 8. The third kappa shape index (κ3) is 3.60. The van der Waals surface area contributed by atoms with Crippen LogP contribution in [0.3, 0.4) is 0 Å². The first-order valence-corrected chi connectivity index (χ1v) is 5.68. The van der Waals surface area contributed by atoms with Crippen molar-refractivity contribution in [2.45, 2.75) is 43.2 Å². The van der Waals surface area contributed by atoms with Crippen molar-refractivity contribution in [1.29, 1.82) is 0 Å². The molecule has 19 heavy (non-hydrogen) atoms. The summed E-state index contributed by atoms with van der Waals surface area (Å²) >= 11 is 0. The van der Waals surface area contributed by atoms with Gasteiger partial charge in [0.2, 0.25) is 0 Å². The molecule has 0 aromatic heterocycles. The van der Waals surface area contributed by atoms with Gasteiger partial charge in [-0.25, -0.2) is 4.79 Å². The number of ether oxygens (including phenoxy) is 1. The molecule has 0 saturated carbocycles. The van der Waals surface area contributed by atoms with Crippen LogP contribution < -0.4 is 0 Å². The Morgan fingerprint density at radius 3 is 2.37 bits per heavy atom. The Labute approximate surface area is 108 Å². The van der Waals surface area contributed by atoms with Crippen molar-refractivity contribution in [3.8, 4) is 0 Å². The highest BCUT2D eigenvalue weighted by Gasteiger charge is 2.52. The van der Waals surface area contributed by atoms with Gasteiger partial charge in [-0.2, -0.15) is 0 Å². The van der Waals surface area contributed by atoms with Gasteiger partial charge in [-0.1, -0.05) is 0 Å². The van der Waals surface area contributed by atoms with Crippen molar-refractivity contribution in [3.63, 3.8) is 0 Å². The Morgan fingerprint density at radius 2 is 1.95 bits per heavy atom. The molecule has 1 rings (SSSR count). The molecular weight excluding hydrogens is 264 g/mol. The van der Waals surface area contributed by atoms with E-state index < -0.39 is 55.3 Å². The summed E-state index contributed by atoms with van der Waals surface area (Å²) < 4.78 is 4.86. The Morgan fingerprint density at radius 1 is 1.37 bits per heavy atom. The highest BCUT2D eigenvalue weighted by molar-refractivity contribution is 5.75. The van der Waals surface area contributed by atoms with E-state index in [9.17, 15) is 20.1 Å². The maximum Gasteiger partial charge on any atom is 0.364 e. The minimum atomic E-state index is -2.68. The number of rotatable bonds is 5. The summed E-state index contributed by atoms with van der Waals surface area (Å²) in [6.07, 6.45) is -7.33. The molecule has 0 amide bonds. The van der Waals surface area contributed by atoms with Gasteiger partial charge in [0, 0.05) is 12.8 Å². The minimum absolute atomic E-state index is 0.370. The van der Waals surface area contributed by atoms with Crippen LogP contribution in [0.2, 0.25) is 0 Å². The SMILES string of the molecule is O=C(O)[C@@]1(O)C[C@@H](O)[C@@H](C(O)O)C(C[C@H](O)CO)O1. The molecule has 7 N–H and O–H groups in total. The Hall–Kier alpha value is -0.810. The third-order valence-electron chi connectivity index (χ3n) is 3.10. The average Bonchev–Trinajstić information content (AvgIpc) is 2.26. The van der Waals surface area contributed by atoms with E-state index in [1.54, 1.807) is 0 Å². The highest BCUT2D eigenvalue weighted by atomic mass is 16.7. The molecule has 0 aliphatic carbocycles. The van der Waals surface area contributed by atoms with Crippen molar-refractivity contribution in [1.82, 2.24) is 0 Å². The predicted octanol–water partition coefficient (Wildman–Crippen LogP) is -3.42. The first kappa shape index (κ1) is 16.2. The van der Waals surface area contributed by atoms with E-state index in [2.05, 4.69) is 0 Å². The Balaban J connectivity index is 2.93. The normalized spacial score (nSPS) is 37.3. The van der Waals surface area contributed by atoms with Gasteiger partial charge in [-0.15, -0.1) is 0 Å². The fourth-order valence-corrected chi connectivity index (χ4v) is 2.12. The molecule has 1 aliphatic heterocycles. The summed E-state index contributed by atoms with van der Waals surface area (Å²) in [5, 5.41) is 64.6. The lowest BCUT2D eigenvalue weighted by Crippen LogP contribution is -2.59. The number of hydrogen-bond donors (Lipinski definition) is 7. The maximum atomic E-state index is 10.9. The van der Waals surface area contributed by atoms with Gasteiger partial charge in [0.15, 0.2) is 6.29 Å². The van der Waals surface area contributed by atoms with E-state index in [-0.39, 0.29) is 6.42 Å². The first-order chi connectivity index (χ1) is 8.71. The number of carboxylic acids is 1. The summed E-state index contributed by atoms with van der Waals surface area (Å²) in [4.78, 5) is 10.9. The quantitative estimate of drug-likeness (QED) is 0.254. The Kier molecular flexibility index (Phi) is 5.21. The smallest absolute Gasteiger partial charge is 0.364 e. The van der Waals surface area contributed by atoms with Gasteiger partial charge < -0.3 is 40.5 Å². The Bertz CT molecular complexity index is 320. The molecule has 1 saturated heterocycles. The molecule has 0 spiro atoms. The van der Waals surface area contributed by atoms with E-state index in [1.165, 1.54) is 0 Å².